The Hall–Kier alpha value is -2.49. The summed E-state index contributed by atoms with van der Waals surface area (Å²) in [6, 6.07) is 0. The van der Waals surface area contributed by atoms with Crippen LogP contribution in [0.2, 0.25) is 0 Å². The third-order valence-corrected chi connectivity index (χ3v) is 3.58. The fourth-order valence-electron chi connectivity index (χ4n) is 2.77. The van der Waals surface area contributed by atoms with E-state index in [1.54, 1.807) is 0 Å². The van der Waals surface area contributed by atoms with Crippen molar-refractivity contribution in [1.29, 1.82) is 0 Å². The van der Waals surface area contributed by atoms with Crippen molar-refractivity contribution in [2.45, 2.75) is 71.6 Å². The molecule has 0 spiro atoms. The molecule has 1 saturated heterocycles. The van der Waals surface area contributed by atoms with E-state index in [0.29, 0.717) is 0 Å². The first-order valence-electron chi connectivity index (χ1n) is 8.31. The Bertz CT molecular complexity index is 599. The molecule has 0 aliphatic carbocycles. The van der Waals surface area contributed by atoms with Gasteiger partial charge in [0.1, 0.15) is 24.6 Å². The smallest absolute Gasteiger partial charge is 0.303 e. The van der Waals surface area contributed by atoms with Crippen molar-refractivity contribution in [3.8, 4) is 0 Å². The summed E-state index contributed by atoms with van der Waals surface area (Å²) < 4.78 is 26.3. The van der Waals surface area contributed by atoms with Gasteiger partial charge in [0, 0.05) is 34.1 Å². The predicted octanol–water partition coefficient (Wildman–Crippen LogP) is 0.0911. The summed E-state index contributed by atoms with van der Waals surface area (Å²) in [5.41, 5.74) is 0. The van der Waals surface area contributed by atoms with E-state index in [0.717, 1.165) is 20.8 Å². The van der Waals surface area contributed by atoms with Crippen LogP contribution in [-0.2, 0) is 47.7 Å². The average molecular weight is 388 g/mol. The molecule has 5 atom stereocenters. The minimum Gasteiger partial charge on any atom is -0.463 e. The molecule has 0 aromatic heterocycles. The van der Waals surface area contributed by atoms with E-state index in [4.69, 9.17) is 23.7 Å². The number of carbonyl (C=O) groups is 5. The highest BCUT2D eigenvalue weighted by atomic mass is 16.7. The van der Waals surface area contributed by atoms with Crippen LogP contribution < -0.4 is 0 Å². The molecule has 1 aliphatic rings. The first-order valence-corrected chi connectivity index (χ1v) is 8.31. The van der Waals surface area contributed by atoms with Crippen molar-refractivity contribution in [1.82, 2.24) is 0 Å². The van der Waals surface area contributed by atoms with Crippen LogP contribution in [0, 0.1) is 0 Å². The maximum atomic E-state index is 11.6. The van der Waals surface area contributed by atoms with Gasteiger partial charge in [-0.2, -0.15) is 0 Å². The standard InChI is InChI=1S/C17H24O10/c1-8(18)6-13-15(24-10(3)20)17(26-12(5)22)16(25-11(4)21)14(27-13)7-23-9(2)19/h13-17H,6-7H2,1-5H3/t13-,14+,15+,16+,17+/m0/s1. The fraction of sp³-hybridized carbons (Fsp3) is 0.706. The van der Waals surface area contributed by atoms with Crippen LogP contribution in [0.3, 0.4) is 0 Å². The molecule has 0 aromatic carbocycles. The number of esters is 4. The molecule has 0 saturated carbocycles. The Labute approximate surface area is 156 Å². The van der Waals surface area contributed by atoms with Gasteiger partial charge in [0.15, 0.2) is 18.3 Å². The Morgan fingerprint density at radius 2 is 1.11 bits per heavy atom. The third kappa shape index (κ3) is 7.33. The van der Waals surface area contributed by atoms with Gasteiger partial charge < -0.3 is 23.7 Å². The van der Waals surface area contributed by atoms with Gasteiger partial charge in [-0.05, 0) is 6.92 Å². The summed E-state index contributed by atoms with van der Waals surface area (Å²) in [6.45, 7) is 5.59. The van der Waals surface area contributed by atoms with Crippen molar-refractivity contribution < 1.29 is 47.7 Å². The fourth-order valence-corrected chi connectivity index (χ4v) is 2.77. The van der Waals surface area contributed by atoms with Gasteiger partial charge in [-0.15, -0.1) is 0 Å². The lowest BCUT2D eigenvalue weighted by Gasteiger charge is -2.44. The molecule has 0 bridgehead atoms. The predicted molar refractivity (Wildman–Crippen MR) is 87.3 cm³/mol. The zero-order valence-corrected chi connectivity index (χ0v) is 15.9. The first kappa shape index (κ1) is 22.6. The van der Waals surface area contributed by atoms with Crippen LogP contribution in [0.4, 0.5) is 0 Å². The molecular formula is C17H24O10. The Morgan fingerprint density at radius 1 is 0.667 bits per heavy atom. The molecule has 10 nitrogen and oxygen atoms in total. The van der Waals surface area contributed by atoms with Crippen molar-refractivity contribution in [2.75, 3.05) is 6.61 Å². The van der Waals surface area contributed by atoms with E-state index in [2.05, 4.69) is 0 Å². The van der Waals surface area contributed by atoms with E-state index < -0.39 is 54.4 Å². The number of rotatable bonds is 7. The molecule has 0 N–H and O–H groups in total. The largest absolute Gasteiger partial charge is 0.463 e. The van der Waals surface area contributed by atoms with Gasteiger partial charge >= 0.3 is 23.9 Å². The Kier molecular flexibility index (Phi) is 8.35. The van der Waals surface area contributed by atoms with Gasteiger partial charge in [0.2, 0.25) is 0 Å². The highest BCUT2D eigenvalue weighted by molar-refractivity contribution is 5.76. The van der Waals surface area contributed by atoms with Crippen LogP contribution in [0.15, 0.2) is 0 Å². The highest BCUT2D eigenvalue weighted by Crippen LogP contribution is 2.30. The van der Waals surface area contributed by atoms with Gasteiger partial charge in [-0.1, -0.05) is 0 Å². The molecular weight excluding hydrogens is 364 g/mol. The van der Waals surface area contributed by atoms with E-state index in [1.165, 1.54) is 13.8 Å². The highest BCUT2D eigenvalue weighted by Gasteiger charge is 2.52. The molecule has 1 rings (SSSR count). The van der Waals surface area contributed by atoms with Gasteiger partial charge in [0.25, 0.3) is 0 Å². The summed E-state index contributed by atoms with van der Waals surface area (Å²) in [4.78, 5) is 57.4. The van der Waals surface area contributed by atoms with E-state index in [1.807, 2.05) is 0 Å². The van der Waals surface area contributed by atoms with Crippen LogP contribution in [0.5, 0.6) is 0 Å². The second-order valence-corrected chi connectivity index (χ2v) is 6.14. The van der Waals surface area contributed by atoms with Crippen LogP contribution in [0.25, 0.3) is 0 Å². The second-order valence-electron chi connectivity index (χ2n) is 6.14. The molecule has 27 heavy (non-hydrogen) atoms. The molecule has 1 fully saturated rings. The summed E-state index contributed by atoms with van der Waals surface area (Å²) in [5, 5.41) is 0. The molecule has 0 aromatic rings. The summed E-state index contributed by atoms with van der Waals surface area (Å²) in [6.07, 6.45) is -5.80. The van der Waals surface area contributed by atoms with Crippen molar-refractivity contribution >= 4 is 29.7 Å². The lowest BCUT2D eigenvalue weighted by molar-refractivity contribution is -0.252. The van der Waals surface area contributed by atoms with Crippen molar-refractivity contribution in [3.05, 3.63) is 0 Å². The molecule has 1 aliphatic heterocycles. The minimum absolute atomic E-state index is 0.154. The van der Waals surface area contributed by atoms with Gasteiger partial charge in [0.05, 0.1) is 0 Å². The molecule has 0 unspecified atom stereocenters. The lowest BCUT2D eigenvalue weighted by atomic mass is 9.92. The maximum Gasteiger partial charge on any atom is 0.303 e. The Balaban J connectivity index is 3.29. The molecule has 152 valence electrons. The van der Waals surface area contributed by atoms with Crippen molar-refractivity contribution in [2.24, 2.45) is 0 Å². The molecule has 0 amide bonds. The minimum atomic E-state index is -1.24. The molecule has 10 heteroatoms. The second kappa shape index (κ2) is 10.0. The zero-order chi connectivity index (χ0) is 20.7. The van der Waals surface area contributed by atoms with Gasteiger partial charge in [-0.25, -0.2) is 0 Å². The van der Waals surface area contributed by atoms with Crippen molar-refractivity contribution in [3.63, 3.8) is 0 Å². The quantitative estimate of drug-likeness (QED) is 0.436. The van der Waals surface area contributed by atoms with E-state index in [9.17, 15) is 24.0 Å². The van der Waals surface area contributed by atoms with E-state index >= 15 is 0 Å². The summed E-state index contributed by atoms with van der Waals surface area (Å²) >= 11 is 0. The van der Waals surface area contributed by atoms with Crippen LogP contribution in [-0.4, -0.2) is 66.8 Å². The molecule has 1 heterocycles. The first-order chi connectivity index (χ1) is 12.5. The summed E-state index contributed by atoms with van der Waals surface area (Å²) in [7, 11) is 0. The van der Waals surface area contributed by atoms with Gasteiger partial charge in [-0.3, -0.25) is 24.0 Å². The lowest BCUT2D eigenvalue weighted by Crippen LogP contribution is -2.62. The number of hydrogen-bond acceptors (Lipinski definition) is 10. The number of Topliss-reactive ketones (excluding diaryl/α,β-unsaturated/α-hetero) is 1. The number of ketones is 1. The summed E-state index contributed by atoms with van der Waals surface area (Å²) in [5.74, 6) is -3.00. The number of carbonyl (C=O) groups excluding carboxylic acids is 5. The normalized spacial score (nSPS) is 27.2. The third-order valence-electron chi connectivity index (χ3n) is 3.58. The number of ether oxygens (including phenoxy) is 5. The maximum absolute atomic E-state index is 11.6. The number of hydrogen-bond donors (Lipinski definition) is 0. The topological polar surface area (TPSA) is 132 Å². The Morgan fingerprint density at radius 3 is 1.52 bits per heavy atom. The molecule has 0 radical (unpaired) electrons. The average Bonchev–Trinajstić information content (AvgIpc) is 2.49. The van der Waals surface area contributed by atoms with Crippen LogP contribution in [0.1, 0.15) is 41.0 Å². The van der Waals surface area contributed by atoms with E-state index in [-0.39, 0.29) is 18.8 Å². The monoisotopic (exact) mass is 388 g/mol. The van der Waals surface area contributed by atoms with Crippen LogP contribution >= 0.6 is 0 Å². The SMILES string of the molecule is CC(=O)C[C@@H]1O[C@H](COC(C)=O)[C@@H](OC(C)=O)[C@H](OC(C)=O)[C@@H]1OC(C)=O. The zero-order valence-electron chi connectivity index (χ0n) is 15.9.